The summed E-state index contributed by atoms with van der Waals surface area (Å²) >= 11 is 0. The van der Waals surface area contributed by atoms with Gasteiger partial charge in [-0.05, 0) is 0 Å². The fourth-order valence-electron chi connectivity index (χ4n) is 1.02. The molecule has 1 aliphatic carbocycles. The lowest BCUT2D eigenvalue weighted by atomic mass is 9.76. The summed E-state index contributed by atoms with van der Waals surface area (Å²) in [6.07, 6.45) is -0.994. The minimum atomic E-state index is -4.11. The van der Waals surface area contributed by atoms with Gasteiger partial charge in [0.25, 0.3) is 0 Å². The van der Waals surface area contributed by atoms with E-state index in [1.54, 1.807) is 0 Å². The van der Waals surface area contributed by atoms with Gasteiger partial charge in [0.2, 0.25) is 0 Å². The molecule has 3 nitrogen and oxygen atoms in total. The number of hydrazone groups is 1. The molecule has 1 fully saturated rings. The van der Waals surface area contributed by atoms with Crippen LogP contribution in [0, 0.1) is 5.92 Å². The molecule has 1 saturated carbocycles. The first-order valence-electron chi connectivity index (χ1n) is 3.12. The van der Waals surface area contributed by atoms with E-state index in [0.717, 1.165) is 0 Å². The van der Waals surface area contributed by atoms with Crippen LogP contribution in [0.2, 0.25) is 0 Å². The number of nitrogens with zero attached hydrogens (tertiary/aromatic N) is 1. The van der Waals surface area contributed by atoms with Crippen molar-refractivity contribution < 1.29 is 17.6 Å². The minimum absolute atomic E-state index is 0.633. The van der Waals surface area contributed by atoms with Crippen LogP contribution in [0.1, 0.15) is 6.42 Å². The molecule has 0 bridgehead atoms. The van der Waals surface area contributed by atoms with Gasteiger partial charge in [0.05, 0.1) is 5.92 Å². The number of rotatable bonds is 1. The first kappa shape index (κ1) is 9.08. The predicted molar refractivity (Wildman–Crippen MR) is 33.8 cm³/mol. The largest absolute Gasteiger partial charge is 0.385 e. The van der Waals surface area contributed by atoms with Crippen molar-refractivity contribution in [2.45, 2.75) is 18.3 Å². The number of alkyl halides is 4. The Bertz CT molecular complexity index is 225. The van der Waals surface area contributed by atoms with Gasteiger partial charge in [-0.2, -0.15) is 22.7 Å². The Morgan fingerprint density at radius 3 is 2.08 bits per heavy atom. The molecule has 4 N–H and O–H groups in total. The highest BCUT2D eigenvalue weighted by Gasteiger charge is 2.72. The first-order chi connectivity index (χ1) is 5.33. The molecule has 1 aliphatic rings. The Balaban J connectivity index is 2.79. The molecule has 0 spiro atoms. The molecule has 0 aromatic rings. The first-order valence-corrected chi connectivity index (χ1v) is 3.12. The summed E-state index contributed by atoms with van der Waals surface area (Å²) in [5, 5.41) is 2.75. The van der Waals surface area contributed by atoms with E-state index in [-0.39, 0.29) is 0 Å². The van der Waals surface area contributed by atoms with Crippen LogP contribution in [0.15, 0.2) is 5.10 Å². The smallest absolute Gasteiger partial charge is 0.320 e. The van der Waals surface area contributed by atoms with Crippen LogP contribution < -0.4 is 11.6 Å². The van der Waals surface area contributed by atoms with Crippen molar-refractivity contribution in [3.05, 3.63) is 0 Å². The van der Waals surface area contributed by atoms with Gasteiger partial charge in [-0.15, -0.1) is 0 Å². The standard InChI is InChI=1S/C5H7F4N3/c6-4(7)1-2(3(10)12-11)5(4,8)9/h2H,1,11H2,(H2,10,12). The van der Waals surface area contributed by atoms with E-state index in [1.165, 1.54) is 0 Å². The third kappa shape index (κ3) is 0.919. The molecular formula is C5H7F4N3. The quantitative estimate of drug-likeness (QED) is 0.205. The van der Waals surface area contributed by atoms with Gasteiger partial charge >= 0.3 is 11.8 Å². The fourth-order valence-corrected chi connectivity index (χ4v) is 1.02. The molecule has 7 heteroatoms. The summed E-state index contributed by atoms with van der Waals surface area (Å²) in [5.41, 5.74) is 4.89. The summed E-state index contributed by atoms with van der Waals surface area (Å²) in [7, 11) is 0. The molecule has 70 valence electrons. The second-order valence-electron chi connectivity index (χ2n) is 2.64. The van der Waals surface area contributed by atoms with Crippen molar-refractivity contribution in [3.63, 3.8) is 0 Å². The highest BCUT2D eigenvalue weighted by molar-refractivity contribution is 5.85. The van der Waals surface area contributed by atoms with Gasteiger partial charge in [0.15, 0.2) is 0 Å². The number of amidine groups is 1. The molecule has 0 aromatic heterocycles. The Morgan fingerprint density at radius 2 is 1.83 bits per heavy atom. The number of hydrogen-bond acceptors (Lipinski definition) is 2. The molecule has 0 saturated heterocycles. The molecular weight excluding hydrogens is 178 g/mol. The SMILES string of the molecule is NN=C(N)C1CC(F)(F)C1(F)F. The molecule has 1 unspecified atom stereocenters. The number of nitrogens with two attached hydrogens (primary N) is 2. The topological polar surface area (TPSA) is 64.4 Å². The van der Waals surface area contributed by atoms with E-state index in [1.807, 2.05) is 0 Å². The van der Waals surface area contributed by atoms with Gasteiger partial charge in [-0.3, -0.25) is 0 Å². The second kappa shape index (κ2) is 2.24. The van der Waals surface area contributed by atoms with Gasteiger partial charge in [-0.1, -0.05) is 0 Å². The zero-order valence-electron chi connectivity index (χ0n) is 5.90. The monoisotopic (exact) mass is 185 g/mol. The summed E-state index contributed by atoms with van der Waals surface area (Å²) in [4.78, 5) is 0. The maximum Gasteiger partial charge on any atom is 0.320 e. The molecule has 0 aliphatic heterocycles. The van der Waals surface area contributed by atoms with Crippen molar-refractivity contribution in [1.82, 2.24) is 0 Å². The zero-order valence-corrected chi connectivity index (χ0v) is 5.90. The molecule has 12 heavy (non-hydrogen) atoms. The van der Waals surface area contributed by atoms with E-state index < -0.39 is 30.0 Å². The summed E-state index contributed by atoms with van der Waals surface area (Å²) in [6.45, 7) is 0. The Kier molecular flexibility index (Phi) is 1.69. The van der Waals surface area contributed by atoms with Crippen LogP contribution in [0.25, 0.3) is 0 Å². The van der Waals surface area contributed by atoms with E-state index >= 15 is 0 Å². The highest BCUT2D eigenvalue weighted by atomic mass is 19.3. The van der Waals surface area contributed by atoms with Crippen molar-refractivity contribution in [2.75, 3.05) is 0 Å². The molecule has 0 aromatic carbocycles. The van der Waals surface area contributed by atoms with Crippen LogP contribution in [0.5, 0.6) is 0 Å². The van der Waals surface area contributed by atoms with E-state index in [9.17, 15) is 17.6 Å². The molecule has 1 rings (SSSR count). The number of hydrogen-bond donors (Lipinski definition) is 2. The van der Waals surface area contributed by atoms with E-state index in [4.69, 9.17) is 5.73 Å². The van der Waals surface area contributed by atoms with Gasteiger partial charge in [-0.25, -0.2) is 0 Å². The maximum atomic E-state index is 12.5. The highest BCUT2D eigenvalue weighted by Crippen LogP contribution is 2.55. The van der Waals surface area contributed by atoms with Crippen LogP contribution in [-0.4, -0.2) is 17.7 Å². The van der Waals surface area contributed by atoms with Crippen molar-refractivity contribution in [2.24, 2.45) is 22.6 Å². The predicted octanol–water partition coefficient (Wildman–Crippen LogP) is 0.508. The zero-order chi connectivity index (χ0) is 9.57. The van der Waals surface area contributed by atoms with E-state index in [0.29, 0.717) is 0 Å². The Morgan fingerprint density at radius 1 is 1.33 bits per heavy atom. The summed E-state index contributed by atoms with van der Waals surface area (Å²) in [5.74, 6) is -5.87. The fraction of sp³-hybridized carbons (Fsp3) is 0.800. The Labute approximate surface area is 65.4 Å². The van der Waals surface area contributed by atoms with Crippen LogP contribution in [-0.2, 0) is 0 Å². The Hall–Kier alpha value is -1.01. The van der Waals surface area contributed by atoms with Crippen molar-refractivity contribution in [1.29, 1.82) is 0 Å². The van der Waals surface area contributed by atoms with Crippen LogP contribution >= 0.6 is 0 Å². The minimum Gasteiger partial charge on any atom is -0.385 e. The average Bonchev–Trinajstić information content (AvgIpc) is 1.99. The average molecular weight is 185 g/mol. The molecule has 1 atom stereocenters. The van der Waals surface area contributed by atoms with Gasteiger partial charge in [0, 0.05) is 6.42 Å². The molecule has 0 heterocycles. The summed E-state index contributed by atoms with van der Waals surface area (Å²) < 4.78 is 49.2. The molecule has 0 amide bonds. The summed E-state index contributed by atoms with van der Waals surface area (Å²) in [6, 6.07) is 0. The second-order valence-corrected chi connectivity index (χ2v) is 2.64. The maximum absolute atomic E-state index is 12.5. The number of halogens is 4. The normalized spacial score (nSPS) is 32.7. The lowest BCUT2D eigenvalue weighted by Crippen LogP contribution is -2.62. The third-order valence-corrected chi connectivity index (χ3v) is 1.89. The third-order valence-electron chi connectivity index (χ3n) is 1.89. The van der Waals surface area contributed by atoms with Crippen molar-refractivity contribution in [3.8, 4) is 0 Å². The lowest BCUT2D eigenvalue weighted by molar-refractivity contribution is -0.296. The van der Waals surface area contributed by atoms with Gasteiger partial charge in [0.1, 0.15) is 5.84 Å². The van der Waals surface area contributed by atoms with Gasteiger partial charge < -0.3 is 11.6 Å². The van der Waals surface area contributed by atoms with Crippen LogP contribution in [0.4, 0.5) is 17.6 Å². The molecule has 0 radical (unpaired) electrons. The van der Waals surface area contributed by atoms with Crippen molar-refractivity contribution >= 4 is 5.84 Å². The lowest BCUT2D eigenvalue weighted by Gasteiger charge is -2.42. The van der Waals surface area contributed by atoms with E-state index in [2.05, 4.69) is 10.9 Å². The van der Waals surface area contributed by atoms with Crippen LogP contribution in [0.3, 0.4) is 0 Å².